The standard InChI is InChI=1S/C20H23N7O/c1-26-7-4-20(26)5-8-27(9-6-20)19-21-13-17(24-25-19)16-3-2-14(10-18(16)28)15-11-22-23-12-15/h2-3,10-13,28H,4-9H2,1H3,(H,22,23). The van der Waals surface area contributed by atoms with Crippen LogP contribution >= 0.6 is 0 Å². The molecule has 0 saturated carbocycles. The number of aromatic hydroxyl groups is 1. The average molecular weight is 377 g/mol. The van der Waals surface area contributed by atoms with E-state index in [0.29, 0.717) is 22.7 Å². The van der Waals surface area contributed by atoms with Crippen molar-refractivity contribution >= 4 is 5.95 Å². The summed E-state index contributed by atoms with van der Waals surface area (Å²) in [6, 6.07) is 5.46. The third-order valence-corrected chi connectivity index (χ3v) is 6.35. The first-order valence-electron chi connectivity index (χ1n) is 9.63. The van der Waals surface area contributed by atoms with Gasteiger partial charge in [-0.15, -0.1) is 10.2 Å². The number of benzene rings is 1. The molecule has 0 radical (unpaired) electrons. The van der Waals surface area contributed by atoms with E-state index in [1.54, 1.807) is 24.7 Å². The molecular formula is C20H23N7O. The van der Waals surface area contributed by atoms with Crippen LogP contribution in [-0.4, -0.2) is 67.6 Å². The van der Waals surface area contributed by atoms with Gasteiger partial charge in [0, 0.05) is 42.5 Å². The van der Waals surface area contributed by atoms with Crippen molar-refractivity contribution in [1.82, 2.24) is 30.3 Å². The monoisotopic (exact) mass is 377 g/mol. The van der Waals surface area contributed by atoms with Gasteiger partial charge in [-0.2, -0.15) is 5.10 Å². The number of hydrogen-bond acceptors (Lipinski definition) is 7. The minimum absolute atomic E-state index is 0.149. The first-order valence-corrected chi connectivity index (χ1v) is 9.63. The predicted molar refractivity (Wildman–Crippen MR) is 106 cm³/mol. The number of aromatic amines is 1. The quantitative estimate of drug-likeness (QED) is 0.723. The number of piperidine rings is 1. The molecule has 3 aromatic rings. The van der Waals surface area contributed by atoms with Crippen molar-refractivity contribution < 1.29 is 5.11 Å². The van der Waals surface area contributed by atoms with E-state index in [4.69, 9.17) is 0 Å². The Balaban J connectivity index is 1.32. The first kappa shape index (κ1) is 17.1. The molecule has 2 aliphatic rings. The second-order valence-corrected chi connectivity index (χ2v) is 7.75. The number of nitrogens with zero attached hydrogens (tertiary/aromatic N) is 6. The molecule has 2 fully saturated rings. The lowest BCUT2D eigenvalue weighted by atomic mass is 9.77. The van der Waals surface area contributed by atoms with Crippen molar-refractivity contribution in [2.75, 3.05) is 31.6 Å². The molecule has 2 aliphatic heterocycles. The summed E-state index contributed by atoms with van der Waals surface area (Å²) in [6.07, 6.45) is 8.78. The van der Waals surface area contributed by atoms with Crippen molar-refractivity contribution in [3.05, 3.63) is 36.8 Å². The van der Waals surface area contributed by atoms with Gasteiger partial charge in [0.25, 0.3) is 0 Å². The van der Waals surface area contributed by atoms with Crippen LogP contribution in [0.5, 0.6) is 5.75 Å². The zero-order chi connectivity index (χ0) is 19.1. The Morgan fingerprint density at radius 1 is 1.04 bits per heavy atom. The summed E-state index contributed by atoms with van der Waals surface area (Å²) in [5.74, 6) is 0.811. The number of hydrogen-bond donors (Lipinski definition) is 2. The number of phenolic OH excluding ortho intramolecular Hbond substituents is 1. The number of phenols is 1. The molecule has 0 atom stereocenters. The lowest BCUT2D eigenvalue weighted by molar-refractivity contribution is -0.00937. The molecule has 0 amide bonds. The zero-order valence-electron chi connectivity index (χ0n) is 15.8. The SMILES string of the molecule is CN1CCC12CCN(c1ncc(-c3ccc(-c4cn[nH]c4)cc3O)nn1)CC2. The lowest BCUT2D eigenvalue weighted by Gasteiger charge is -2.55. The van der Waals surface area contributed by atoms with Crippen LogP contribution in [0.4, 0.5) is 5.95 Å². The fourth-order valence-corrected chi connectivity index (χ4v) is 4.28. The molecule has 0 aliphatic carbocycles. The van der Waals surface area contributed by atoms with Gasteiger partial charge in [0.2, 0.25) is 5.95 Å². The lowest BCUT2D eigenvalue weighted by Crippen LogP contribution is -2.62. The van der Waals surface area contributed by atoms with E-state index in [-0.39, 0.29) is 5.75 Å². The summed E-state index contributed by atoms with van der Waals surface area (Å²) in [7, 11) is 2.22. The molecule has 8 nitrogen and oxygen atoms in total. The Hall–Kier alpha value is -3.00. The van der Waals surface area contributed by atoms with Crippen molar-refractivity contribution in [3.8, 4) is 28.1 Å². The number of rotatable bonds is 3. The third kappa shape index (κ3) is 2.80. The Kier molecular flexibility index (Phi) is 4.01. The number of nitrogens with one attached hydrogen (secondary N) is 1. The van der Waals surface area contributed by atoms with Crippen LogP contribution in [0, 0.1) is 0 Å². The Morgan fingerprint density at radius 3 is 2.43 bits per heavy atom. The molecule has 1 spiro atoms. The van der Waals surface area contributed by atoms with Crippen molar-refractivity contribution in [3.63, 3.8) is 0 Å². The summed E-state index contributed by atoms with van der Waals surface area (Å²) < 4.78 is 0. The minimum atomic E-state index is 0.149. The van der Waals surface area contributed by atoms with Gasteiger partial charge in [0.15, 0.2) is 0 Å². The van der Waals surface area contributed by atoms with Gasteiger partial charge in [0.1, 0.15) is 11.4 Å². The molecule has 144 valence electrons. The molecule has 2 N–H and O–H groups in total. The molecule has 1 aromatic carbocycles. The van der Waals surface area contributed by atoms with E-state index in [0.717, 1.165) is 37.1 Å². The average Bonchev–Trinajstić information content (AvgIpc) is 3.28. The molecule has 28 heavy (non-hydrogen) atoms. The van der Waals surface area contributed by atoms with Gasteiger partial charge in [-0.25, -0.2) is 4.98 Å². The van der Waals surface area contributed by atoms with Gasteiger partial charge in [-0.05, 0) is 44.0 Å². The molecule has 2 aromatic heterocycles. The van der Waals surface area contributed by atoms with E-state index >= 15 is 0 Å². The van der Waals surface area contributed by atoms with Crippen molar-refractivity contribution in [2.45, 2.75) is 24.8 Å². The van der Waals surface area contributed by atoms with E-state index in [2.05, 4.69) is 42.2 Å². The van der Waals surface area contributed by atoms with Crippen LogP contribution in [0.1, 0.15) is 19.3 Å². The fourth-order valence-electron chi connectivity index (χ4n) is 4.28. The minimum Gasteiger partial charge on any atom is -0.507 e. The maximum atomic E-state index is 10.4. The molecule has 0 unspecified atom stereocenters. The maximum Gasteiger partial charge on any atom is 0.245 e. The summed E-state index contributed by atoms with van der Waals surface area (Å²) in [5, 5.41) is 25.8. The van der Waals surface area contributed by atoms with Crippen LogP contribution in [0.3, 0.4) is 0 Å². The van der Waals surface area contributed by atoms with Gasteiger partial charge >= 0.3 is 0 Å². The summed E-state index contributed by atoms with van der Waals surface area (Å²) in [4.78, 5) is 9.19. The van der Waals surface area contributed by atoms with E-state index < -0.39 is 0 Å². The summed E-state index contributed by atoms with van der Waals surface area (Å²) in [6.45, 7) is 3.11. The highest BCUT2D eigenvalue weighted by Gasteiger charge is 2.44. The Morgan fingerprint density at radius 2 is 1.86 bits per heavy atom. The summed E-state index contributed by atoms with van der Waals surface area (Å²) in [5.41, 5.74) is 3.38. The molecule has 4 heterocycles. The van der Waals surface area contributed by atoms with E-state index in [9.17, 15) is 5.11 Å². The summed E-state index contributed by atoms with van der Waals surface area (Å²) >= 11 is 0. The Labute approximate surface area is 163 Å². The van der Waals surface area contributed by atoms with Gasteiger partial charge in [-0.3, -0.25) is 5.10 Å². The second-order valence-electron chi connectivity index (χ2n) is 7.75. The largest absolute Gasteiger partial charge is 0.507 e. The highest BCUT2D eigenvalue weighted by molar-refractivity contribution is 5.73. The molecule has 0 bridgehead atoms. The number of aromatic nitrogens is 5. The molecular weight excluding hydrogens is 354 g/mol. The predicted octanol–water partition coefficient (Wildman–Crippen LogP) is 2.31. The number of H-pyrrole nitrogens is 1. The molecule has 5 rings (SSSR count). The van der Waals surface area contributed by atoms with Crippen molar-refractivity contribution in [1.29, 1.82) is 0 Å². The smallest absolute Gasteiger partial charge is 0.245 e. The zero-order valence-corrected chi connectivity index (χ0v) is 15.8. The highest BCUT2D eigenvalue weighted by Crippen LogP contribution is 2.39. The van der Waals surface area contributed by atoms with E-state index in [1.165, 1.54) is 13.0 Å². The van der Waals surface area contributed by atoms with E-state index in [1.807, 2.05) is 12.1 Å². The normalized spacial score (nSPS) is 19.0. The topological polar surface area (TPSA) is 94.1 Å². The second kappa shape index (κ2) is 6.56. The van der Waals surface area contributed by atoms with Crippen LogP contribution in [0.2, 0.25) is 0 Å². The van der Waals surface area contributed by atoms with Crippen molar-refractivity contribution in [2.24, 2.45) is 0 Å². The number of likely N-dealkylation sites (tertiary alicyclic amines) is 1. The van der Waals surface area contributed by atoms with Gasteiger partial charge in [0.05, 0.1) is 12.4 Å². The van der Waals surface area contributed by atoms with Gasteiger partial charge in [-0.1, -0.05) is 6.07 Å². The van der Waals surface area contributed by atoms with Crippen LogP contribution in [0.15, 0.2) is 36.8 Å². The fraction of sp³-hybridized carbons (Fsp3) is 0.400. The third-order valence-electron chi connectivity index (χ3n) is 6.35. The van der Waals surface area contributed by atoms with Crippen LogP contribution in [0.25, 0.3) is 22.4 Å². The van der Waals surface area contributed by atoms with Crippen LogP contribution < -0.4 is 4.90 Å². The first-order chi connectivity index (χ1) is 13.6. The molecule has 2 saturated heterocycles. The van der Waals surface area contributed by atoms with Gasteiger partial charge < -0.3 is 14.9 Å². The van der Waals surface area contributed by atoms with Crippen LogP contribution in [-0.2, 0) is 0 Å². The molecule has 8 heteroatoms. The maximum absolute atomic E-state index is 10.4. The number of anilines is 1. The highest BCUT2D eigenvalue weighted by atomic mass is 16.3. The Bertz CT molecular complexity index is 963.